The number of primary amides is 1. The van der Waals surface area contributed by atoms with Crippen LogP contribution in [0.15, 0.2) is 30.4 Å². The number of anilines is 1. The molecular weight excluding hydrogens is 260 g/mol. The highest BCUT2D eigenvalue weighted by Gasteiger charge is 2.08. The van der Waals surface area contributed by atoms with Crippen molar-refractivity contribution in [3.8, 4) is 0 Å². The molecular formula is C11H9ClN2O4. The molecule has 0 bridgehead atoms. The molecule has 0 atom stereocenters. The van der Waals surface area contributed by atoms with Gasteiger partial charge in [0, 0.05) is 17.8 Å². The number of carbonyl (C=O) groups excluding carboxylic acids is 2. The third-order valence-electron chi connectivity index (χ3n) is 1.88. The fourth-order valence-electron chi connectivity index (χ4n) is 1.12. The van der Waals surface area contributed by atoms with E-state index in [4.69, 9.17) is 22.4 Å². The molecule has 7 heteroatoms. The molecule has 1 rings (SSSR count). The lowest BCUT2D eigenvalue weighted by atomic mass is 10.2. The number of carbonyl (C=O) groups is 3. The van der Waals surface area contributed by atoms with Crippen molar-refractivity contribution in [3.05, 3.63) is 40.9 Å². The van der Waals surface area contributed by atoms with E-state index in [1.54, 1.807) is 0 Å². The molecule has 0 unspecified atom stereocenters. The van der Waals surface area contributed by atoms with E-state index < -0.39 is 17.8 Å². The number of hydrogen-bond donors (Lipinski definition) is 3. The highest BCUT2D eigenvalue weighted by Crippen LogP contribution is 2.20. The first-order valence-corrected chi connectivity index (χ1v) is 5.09. The van der Waals surface area contributed by atoms with Crippen molar-refractivity contribution in [2.45, 2.75) is 0 Å². The molecule has 0 aromatic heterocycles. The fraction of sp³-hybridized carbons (Fsp3) is 0. The summed E-state index contributed by atoms with van der Waals surface area (Å²) in [6.45, 7) is 0. The summed E-state index contributed by atoms with van der Waals surface area (Å²) in [4.78, 5) is 32.5. The van der Waals surface area contributed by atoms with Gasteiger partial charge < -0.3 is 16.2 Å². The van der Waals surface area contributed by atoms with Gasteiger partial charge in [0.25, 0.3) is 0 Å². The number of nitrogens with one attached hydrogen (secondary N) is 1. The van der Waals surface area contributed by atoms with Crippen molar-refractivity contribution in [2.24, 2.45) is 5.73 Å². The van der Waals surface area contributed by atoms with E-state index in [2.05, 4.69) is 5.32 Å². The Kier molecular flexibility index (Phi) is 4.45. The van der Waals surface area contributed by atoms with Gasteiger partial charge in [-0.1, -0.05) is 11.6 Å². The van der Waals surface area contributed by atoms with Gasteiger partial charge in [0.05, 0.1) is 10.6 Å². The maximum absolute atomic E-state index is 11.3. The van der Waals surface area contributed by atoms with Crippen LogP contribution in [0.5, 0.6) is 0 Å². The van der Waals surface area contributed by atoms with Crippen LogP contribution in [0.3, 0.4) is 0 Å². The first-order valence-electron chi connectivity index (χ1n) is 4.71. The van der Waals surface area contributed by atoms with E-state index in [0.29, 0.717) is 6.08 Å². The average Bonchev–Trinajstić information content (AvgIpc) is 2.28. The molecule has 0 saturated heterocycles. The maximum Gasteiger partial charge on any atom is 0.328 e. The Hall–Kier alpha value is -2.34. The second-order valence-electron chi connectivity index (χ2n) is 3.22. The first-order chi connectivity index (χ1) is 8.40. The van der Waals surface area contributed by atoms with Crippen molar-refractivity contribution < 1.29 is 19.5 Å². The van der Waals surface area contributed by atoms with Gasteiger partial charge in [-0.3, -0.25) is 9.59 Å². The summed E-state index contributed by atoms with van der Waals surface area (Å²) in [5.74, 6) is -2.61. The Morgan fingerprint density at radius 2 is 1.94 bits per heavy atom. The van der Waals surface area contributed by atoms with E-state index in [-0.39, 0.29) is 16.3 Å². The molecule has 0 aliphatic rings. The number of nitrogens with two attached hydrogens (primary N) is 1. The summed E-state index contributed by atoms with van der Waals surface area (Å²) in [6, 6.07) is 4.16. The van der Waals surface area contributed by atoms with Crippen molar-refractivity contribution in [1.82, 2.24) is 0 Å². The molecule has 0 radical (unpaired) electrons. The van der Waals surface area contributed by atoms with Gasteiger partial charge in [-0.25, -0.2) is 4.79 Å². The van der Waals surface area contributed by atoms with Gasteiger partial charge in [0.1, 0.15) is 0 Å². The third kappa shape index (κ3) is 3.91. The monoisotopic (exact) mass is 268 g/mol. The summed E-state index contributed by atoms with van der Waals surface area (Å²) in [5, 5.41) is 10.9. The molecule has 0 aliphatic carbocycles. The second kappa shape index (κ2) is 5.83. The van der Waals surface area contributed by atoms with Crippen LogP contribution >= 0.6 is 11.6 Å². The molecule has 0 fully saturated rings. The molecule has 0 aliphatic heterocycles. The van der Waals surface area contributed by atoms with Crippen molar-refractivity contribution >= 4 is 35.1 Å². The van der Waals surface area contributed by atoms with Gasteiger partial charge in [-0.05, 0) is 18.2 Å². The molecule has 1 aromatic carbocycles. The second-order valence-corrected chi connectivity index (χ2v) is 3.63. The Bertz CT molecular complexity index is 540. The highest BCUT2D eigenvalue weighted by molar-refractivity contribution is 6.34. The molecule has 18 heavy (non-hydrogen) atoms. The summed E-state index contributed by atoms with van der Waals surface area (Å²) in [5.41, 5.74) is 5.44. The van der Waals surface area contributed by atoms with Crippen LogP contribution in [0.2, 0.25) is 5.02 Å². The number of rotatable bonds is 4. The number of carboxylic acids is 1. The molecule has 6 nitrogen and oxygen atoms in total. The van der Waals surface area contributed by atoms with Crippen LogP contribution in [0.25, 0.3) is 0 Å². The van der Waals surface area contributed by atoms with Crippen LogP contribution in [-0.2, 0) is 9.59 Å². The van der Waals surface area contributed by atoms with Crippen LogP contribution < -0.4 is 11.1 Å². The number of amides is 2. The first kappa shape index (κ1) is 13.7. The Morgan fingerprint density at radius 3 is 2.50 bits per heavy atom. The largest absolute Gasteiger partial charge is 0.478 e. The lowest BCUT2D eigenvalue weighted by molar-refractivity contribution is -0.131. The molecule has 4 N–H and O–H groups in total. The van der Waals surface area contributed by atoms with Crippen molar-refractivity contribution in [1.29, 1.82) is 0 Å². The smallest absolute Gasteiger partial charge is 0.328 e. The van der Waals surface area contributed by atoms with E-state index in [0.717, 1.165) is 6.08 Å². The van der Waals surface area contributed by atoms with E-state index in [9.17, 15) is 14.4 Å². The SMILES string of the molecule is NC(=O)c1cc(NC(=O)C=CC(=O)O)ccc1Cl. The Balaban J connectivity index is 2.86. The minimum Gasteiger partial charge on any atom is -0.478 e. The standard InChI is InChI=1S/C11H9ClN2O4/c12-8-2-1-6(5-7(8)11(13)18)14-9(15)3-4-10(16)17/h1-5H,(H2,13,18)(H,14,15)(H,16,17). The van der Waals surface area contributed by atoms with E-state index in [1.807, 2.05) is 0 Å². The predicted molar refractivity (Wildman–Crippen MR) is 65.4 cm³/mol. The minimum atomic E-state index is -1.24. The molecule has 94 valence electrons. The van der Waals surface area contributed by atoms with Crippen LogP contribution in [0.4, 0.5) is 5.69 Å². The number of benzene rings is 1. The predicted octanol–water partition coefficient (Wildman–Crippen LogP) is 1.02. The zero-order chi connectivity index (χ0) is 13.7. The van der Waals surface area contributed by atoms with Crippen LogP contribution in [0, 0.1) is 0 Å². The molecule has 0 spiro atoms. The fourth-order valence-corrected chi connectivity index (χ4v) is 1.33. The summed E-state index contributed by atoms with van der Waals surface area (Å²) in [6.07, 6.45) is 1.54. The highest BCUT2D eigenvalue weighted by atomic mass is 35.5. The summed E-state index contributed by atoms with van der Waals surface area (Å²) < 4.78 is 0. The molecule has 0 saturated carbocycles. The Labute approximate surface area is 107 Å². The van der Waals surface area contributed by atoms with Gasteiger partial charge in [0.2, 0.25) is 11.8 Å². The summed E-state index contributed by atoms with van der Waals surface area (Å²) >= 11 is 5.73. The number of halogens is 1. The summed E-state index contributed by atoms with van der Waals surface area (Å²) in [7, 11) is 0. The third-order valence-corrected chi connectivity index (χ3v) is 2.21. The van der Waals surface area contributed by atoms with Gasteiger partial charge in [-0.2, -0.15) is 0 Å². The van der Waals surface area contributed by atoms with E-state index >= 15 is 0 Å². The Morgan fingerprint density at radius 1 is 1.28 bits per heavy atom. The quantitative estimate of drug-likeness (QED) is 0.708. The van der Waals surface area contributed by atoms with Crippen LogP contribution in [0.1, 0.15) is 10.4 Å². The van der Waals surface area contributed by atoms with Crippen molar-refractivity contribution in [3.63, 3.8) is 0 Å². The lowest BCUT2D eigenvalue weighted by Gasteiger charge is -2.05. The maximum atomic E-state index is 11.3. The number of carboxylic acid groups (broad SMARTS) is 1. The molecule has 0 heterocycles. The van der Waals surface area contributed by atoms with E-state index in [1.165, 1.54) is 18.2 Å². The topological polar surface area (TPSA) is 109 Å². The zero-order valence-electron chi connectivity index (χ0n) is 9.01. The van der Waals surface area contributed by atoms with Crippen LogP contribution in [-0.4, -0.2) is 22.9 Å². The number of hydrogen-bond acceptors (Lipinski definition) is 3. The zero-order valence-corrected chi connectivity index (χ0v) is 9.77. The molecule has 1 aromatic rings. The van der Waals surface area contributed by atoms with Gasteiger partial charge in [0.15, 0.2) is 0 Å². The normalized spacial score (nSPS) is 10.3. The number of aliphatic carboxylic acids is 1. The lowest BCUT2D eigenvalue weighted by Crippen LogP contribution is -2.13. The van der Waals surface area contributed by atoms with Gasteiger partial charge >= 0.3 is 5.97 Å². The van der Waals surface area contributed by atoms with Gasteiger partial charge in [-0.15, -0.1) is 0 Å². The molecule has 2 amide bonds. The average molecular weight is 269 g/mol. The minimum absolute atomic E-state index is 0.0664. The van der Waals surface area contributed by atoms with Crippen molar-refractivity contribution in [2.75, 3.05) is 5.32 Å².